The predicted molar refractivity (Wildman–Crippen MR) is 105 cm³/mol. The zero-order valence-corrected chi connectivity index (χ0v) is 15.5. The number of nitrogens with one attached hydrogen (secondary N) is 1. The molecule has 2 aromatic rings. The first-order valence-electron chi connectivity index (χ1n) is 9.51. The van der Waals surface area contributed by atoms with Gasteiger partial charge in [-0.3, -0.25) is 9.59 Å². The van der Waals surface area contributed by atoms with Gasteiger partial charge in [0.05, 0.1) is 0 Å². The van der Waals surface area contributed by atoms with Gasteiger partial charge in [0.15, 0.2) is 0 Å². The second-order valence-electron chi connectivity index (χ2n) is 6.96. The Kier molecular flexibility index (Phi) is 6.22. The maximum absolute atomic E-state index is 13.0. The van der Waals surface area contributed by atoms with Crippen molar-refractivity contribution in [1.82, 2.24) is 0 Å². The summed E-state index contributed by atoms with van der Waals surface area (Å²) in [4.78, 5) is 27.2. The number of nitrogens with zero attached hydrogens (tertiary/aromatic N) is 1. The Bertz CT molecular complexity index is 769. The maximum Gasteiger partial charge on any atom is 0.230 e. The number of hydrogen-bond donors (Lipinski definition) is 1. The average molecular weight is 368 g/mol. The largest absolute Gasteiger partial charge is 0.326 e. The highest BCUT2D eigenvalue weighted by atomic mass is 19.1. The van der Waals surface area contributed by atoms with Crippen LogP contribution in [0, 0.1) is 17.7 Å². The van der Waals surface area contributed by atoms with Crippen LogP contribution >= 0.6 is 0 Å². The van der Waals surface area contributed by atoms with Crippen LogP contribution in [0.2, 0.25) is 0 Å². The molecule has 0 unspecified atom stereocenters. The number of para-hydroxylation sites is 1. The predicted octanol–water partition coefficient (Wildman–Crippen LogP) is 4.62. The van der Waals surface area contributed by atoms with E-state index in [2.05, 4.69) is 5.32 Å². The first-order chi connectivity index (χ1) is 13.1. The molecule has 1 N–H and O–H groups in total. The van der Waals surface area contributed by atoms with Crippen LogP contribution < -0.4 is 10.2 Å². The molecule has 0 spiro atoms. The number of halogens is 1. The number of rotatable bonds is 5. The third-order valence-corrected chi connectivity index (χ3v) is 5.21. The van der Waals surface area contributed by atoms with Crippen LogP contribution in [0.4, 0.5) is 15.8 Å². The fourth-order valence-corrected chi connectivity index (χ4v) is 3.67. The van der Waals surface area contributed by atoms with Gasteiger partial charge in [-0.15, -0.1) is 0 Å². The fraction of sp³-hybridized carbons (Fsp3) is 0.364. The summed E-state index contributed by atoms with van der Waals surface area (Å²) in [5.74, 6) is -0.388. The Labute approximate surface area is 159 Å². The monoisotopic (exact) mass is 368 g/mol. The van der Waals surface area contributed by atoms with E-state index in [0.29, 0.717) is 37.9 Å². The van der Waals surface area contributed by atoms with E-state index in [1.165, 1.54) is 12.1 Å². The average Bonchev–Trinajstić information content (AvgIpc) is 2.71. The molecular weight excluding hydrogens is 343 g/mol. The van der Waals surface area contributed by atoms with Gasteiger partial charge in [-0.2, -0.15) is 0 Å². The van der Waals surface area contributed by atoms with Crippen molar-refractivity contribution in [3.8, 4) is 0 Å². The topological polar surface area (TPSA) is 49.4 Å². The maximum atomic E-state index is 13.0. The minimum Gasteiger partial charge on any atom is -0.326 e. The zero-order chi connectivity index (χ0) is 19.2. The molecule has 2 aromatic carbocycles. The van der Waals surface area contributed by atoms with E-state index < -0.39 is 0 Å². The highest BCUT2D eigenvalue weighted by molar-refractivity contribution is 5.96. The molecule has 1 fully saturated rings. The van der Waals surface area contributed by atoms with E-state index in [9.17, 15) is 14.0 Å². The van der Waals surface area contributed by atoms with Crippen LogP contribution in [-0.2, 0) is 9.59 Å². The molecule has 0 heterocycles. The van der Waals surface area contributed by atoms with Crippen molar-refractivity contribution < 1.29 is 14.0 Å². The van der Waals surface area contributed by atoms with Gasteiger partial charge < -0.3 is 10.2 Å². The van der Waals surface area contributed by atoms with Crippen molar-refractivity contribution in [2.24, 2.45) is 11.8 Å². The zero-order valence-electron chi connectivity index (χ0n) is 15.5. The molecule has 1 saturated carbocycles. The number of benzene rings is 2. The molecule has 0 aliphatic heterocycles. The third kappa shape index (κ3) is 4.73. The second-order valence-corrected chi connectivity index (χ2v) is 6.96. The van der Waals surface area contributed by atoms with E-state index in [-0.39, 0.29) is 29.5 Å². The van der Waals surface area contributed by atoms with Crippen LogP contribution in [0.1, 0.15) is 32.6 Å². The van der Waals surface area contributed by atoms with Crippen LogP contribution in [0.25, 0.3) is 0 Å². The number of amides is 2. The fourth-order valence-electron chi connectivity index (χ4n) is 3.67. The number of carbonyl (C=O) groups is 2. The molecule has 0 aromatic heterocycles. The summed E-state index contributed by atoms with van der Waals surface area (Å²) >= 11 is 0. The molecule has 0 atom stereocenters. The van der Waals surface area contributed by atoms with Crippen molar-refractivity contribution in [2.75, 3.05) is 16.8 Å². The molecule has 4 nitrogen and oxygen atoms in total. The highest BCUT2D eigenvalue weighted by Crippen LogP contribution is 2.32. The molecular formula is C22H25FN2O2. The summed E-state index contributed by atoms with van der Waals surface area (Å²) in [5.41, 5.74) is 1.52. The molecule has 0 saturated heterocycles. The van der Waals surface area contributed by atoms with E-state index in [1.54, 1.807) is 12.1 Å². The molecule has 1 aliphatic carbocycles. The van der Waals surface area contributed by atoms with E-state index in [1.807, 2.05) is 42.2 Å². The summed E-state index contributed by atoms with van der Waals surface area (Å²) in [5, 5.41) is 2.84. The minimum atomic E-state index is -0.328. The lowest BCUT2D eigenvalue weighted by atomic mass is 9.80. The normalized spacial score (nSPS) is 19.3. The lowest BCUT2D eigenvalue weighted by Gasteiger charge is -2.31. The number of anilines is 2. The van der Waals surface area contributed by atoms with Gasteiger partial charge in [-0.25, -0.2) is 4.39 Å². The SMILES string of the molecule is CCN(C(=O)C1CCC(C(=O)Nc2ccc(F)cc2)CC1)c1ccccc1. The number of carbonyl (C=O) groups excluding carboxylic acids is 2. The summed E-state index contributed by atoms with van der Waals surface area (Å²) in [6.45, 7) is 2.61. The summed E-state index contributed by atoms with van der Waals surface area (Å²) in [6, 6.07) is 15.5. The van der Waals surface area contributed by atoms with Gasteiger partial charge in [0.2, 0.25) is 11.8 Å². The van der Waals surface area contributed by atoms with Gasteiger partial charge >= 0.3 is 0 Å². The van der Waals surface area contributed by atoms with Crippen LogP contribution in [-0.4, -0.2) is 18.4 Å². The quantitative estimate of drug-likeness (QED) is 0.837. The minimum absolute atomic E-state index is 0.0416. The highest BCUT2D eigenvalue weighted by Gasteiger charge is 2.32. The Balaban J connectivity index is 1.55. The van der Waals surface area contributed by atoms with Crippen LogP contribution in [0.3, 0.4) is 0 Å². The van der Waals surface area contributed by atoms with E-state index >= 15 is 0 Å². The van der Waals surface area contributed by atoms with E-state index in [4.69, 9.17) is 0 Å². The summed E-state index contributed by atoms with van der Waals surface area (Å²) in [7, 11) is 0. The Hall–Kier alpha value is -2.69. The van der Waals surface area contributed by atoms with E-state index in [0.717, 1.165) is 5.69 Å². The van der Waals surface area contributed by atoms with Crippen LogP contribution in [0.5, 0.6) is 0 Å². The van der Waals surface area contributed by atoms with Gasteiger partial charge in [-0.1, -0.05) is 18.2 Å². The Morgan fingerprint density at radius 2 is 1.56 bits per heavy atom. The summed E-state index contributed by atoms with van der Waals surface area (Å²) in [6.07, 6.45) is 2.80. The molecule has 5 heteroatoms. The molecule has 142 valence electrons. The number of hydrogen-bond acceptors (Lipinski definition) is 2. The standard InChI is InChI=1S/C22H25FN2O2/c1-2-25(20-6-4-3-5-7-20)22(27)17-10-8-16(9-11-17)21(26)24-19-14-12-18(23)13-15-19/h3-7,12-17H,2,8-11H2,1H3,(H,24,26). The summed E-state index contributed by atoms with van der Waals surface area (Å²) < 4.78 is 13.0. The van der Waals surface area contributed by atoms with Gasteiger partial charge in [0.25, 0.3) is 0 Å². The van der Waals surface area contributed by atoms with Crippen molar-refractivity contribution in [3.63, 3.8) is 0 Å². The van der Waals surface area contributed by atoms with Gasteiger partial charge in [0, 0.05) is 29.8 Å². The second kappa shape index (κ2) is 8.80. The Morgan fingerprint density at radius 3 is 2.15 bits per heavy atom. The Morgan fingerprint density at radius 1 is 0.963 bits per heavy atom. The van der Waals surface area contributed by atoms with Gasteiger partial charge in [0.1, 0.15) is 5.82 Å². The molecule has 27 heavy (non-hydrogen) atoms. The van der Waals surface area contributed by atoms with Crippen molar-refractivity contribution in [2.45, 2.75) is 32.6 Å². The molecule has 1 aliphatic rings. The first kappa shape index (κ1) is 19.1. The molecule has 2 amide bonds. The van der Waals surface area contributed by atoms with Crippen molar-refractivity contribution in [3.05, 3.63) is 60.4 Å². The lowest BCUT2D eigenvalue weighted by Crippen LogP contribution is -2.39. The first-order valence-corrected chi connectivity index (χ1v) is 9.51. The molecule has 0 bridgehead atoms. The van der Waals surface area contributed by atoms with Crippen LogP contribution in [0.15, 0.2) is 54.6 Å². The molecule has 0 radical (unpaired) electrons. The third-order valence-electron chi connectivity index (χ3n) is 5.21. The lowest BCUT2D eigenvalue weighted by molar-refractivity contribution is -0.126. The smallest absolute Gasteiger partial charge is 0.230 e. The van der Waals surface area contributed by atoms with Crippen molar-refractivity contribution in [1.29, 1.82) is 0 Å². The molecule has 3 rings (SSSR count). The van der Waals surface area contributed by atoms with Crippen molar-refractivity contribution >= 4 is 23.2 Å². The van der Waals surface area contributed by atoms with Gasteiger partial charge in [-0.05, 0) is 69.0 Å².